The maximum atomic E-state index is 12.9. The number of carbonyl (C=O) groups is 1. The van der Waals surface area contributed by atoms with Gasteiger partial charge in [-0.05, 0) is 61.6 Å². The second kappa shape index (κ2) is 9.78. The van der Waals surface area contributed by atoms with Gasteiger partial charge in [0, 0.05) is 19.1 Å². The summed E-state index contributed by atoms with van der Waals surface area (Å²) >= 11 is 0. The monoisotopic (exact) mass is 391 g/mol. The van der Waals surface area contributed by atoms with Crippen LogP contribution < -0.4 is 10.1 Å². The van der Waals surface area contributed by atoms with Gasteiger partial charge < -0.3 is 14.8 Å². The standard InChI is InChI=1S/C24H41NO3/c1-11-27-18(4)28-21-16(2)12-19(13-17(21)3)15-25-22(26)20(24(8,9)10)14-23(5,6)7/h12-13,18,20H,11,14-15H2,1-10H3,(H,25,26). The second-order valence-electron chi connectivity index (χ2n) is 10.1. The van der Waals surface area contributed by atoms with Crippen LogP contribution in [0.5, 0.6) is 5.75 Å². The zero-order chi connectivity index (χ0) is 21.7. The molecule has 1 amide bonds. The maximum Gasteiger partial charge on any atom is 0.223 e. The van der Waals surface area contributed by atoms with E-state index in [1.807, 2.05) is 27.7 Å². The summed E-state index contributed by atoms with van der Waals surface area (Å²) in [5.41, 5.74) is 3.23. The Balaban J connectivity index is 2.87. The highest BCUT2D eigenvalue weighted by atomic mass is 16.7. The van der Waals surface area contributed by atoms with Crippen LogP contribution in [0.15, 0.2) is 12.1 Å². The van der Waals surface area contributed by atoms with E-state index >= 15 is 0 Å². The number of hydrogen-bond acceptors (Lipinski definition) is 3. The Labute approximate surface area is 172 Å². The first kappa shape index (κ1) is 24.5. The molecule has 0 bridgehead atoms. The van der Waals surface area contributed by atoms with Crippen molar-refractivity contribution in [1.82, 2.24) is 5.32 Å². The van der Waals surface area contributed by atoms with E-state index in [2.05, 4.69) is 59.0 Å². The van der Waals surface area contributed by atoms with E-state index in [1.54, 1.807) is 0 Å². The van der Waals surface area contributed by atoms with E-state index in [4.69, 9.17) is 9.47 Å². The molecular weight excluding hydrogens is 350 g/mol. The summed E-state index contributed by atoms with van der Waals surface area (Å²) in [6, 6.07) is 4.16. The fourth-order valence-corrected chi connectivity index (χ4v) is 3.48. The lowest BCUT2D eigenvalue weighted by Crippen LogP contribution is -2.39. The second-order valence-corrected chi connectivity index (χ2v) is 10.1. The number of benzene rings is 1. The Morgan fingerprint density at radius 1 is 1.07 bits per heavy atom. The Morgan fingerprint density at radius 2 is 1.61 bits per heavy atom. The minimum absolute atomic E-state index is 0.0238. The molecule has 2 atom stereocenters. The summed E-state index contributed by atoms with van der Waals surface area (Å²) < 4.78 is 11.4. The number of hydrogen-bond donors (Lipinski definition) is 1. The fourth-order valence-electron chi connectivity index (χ4n) is 3.48. The largest absolute Gasteiger partial charge is 0.465 e. The van der Waals surface area contributed by atoms with E-state index in [0.29, 0.717) is 13.2 Å². The number of aryl methyl sites for hydroxylation is 2. The SMILES string of the molecule is CCOC(C)Oc1c(C)cc(CNC(=O)C(CC(C)(C)C)C(C)(C)C)cc1C. The van der Waals surface area contributed by atoms with Gasteiger partial charge in [0.1, 0.15) is 5.75 Å². The molecule has 2 unspecified atom stereocenters. The van der Waals surface area contributed by atoms with Crippen molar-refractivity contribution < 1.29 is 14.3 Å². The lowest BCUT2D eigenvalue weighted by molar-refractivity contribution is -0.129. The third-order valence-electron chi connectivity index (χ3n) is 4.85. The van der Waals surface area contributed by atoms with E-state index in [-0.39, 0.29) is 28.9 Å². The quantitative estimate of drug-likeness (QED) is 0.571. The molecule has 4 nitrogen and oxygen atoms in total. The Bertz CT molecular complexity index is 630. The van der Waals surface area contributed by atoms with Crippen LogP contribution in [0.3, 0.4) is 0 Å². The van der Waals surface area contributed by atoms with Crippen LogP contribution in [0.1, 0.15) is 78.5 Å². The molecule has 160 valence electrons. The lowest BCUT2D eigenvalue weighted by Gasteiger charge is -2.34. The minimum Gasteiger partial charge on any atom is -0.465 e. The van der Waals surface area contributed by atoms with Gasteiger partial charge in [-0.1, -0.05) is 53.7 Å². The molecule has 0 aliphatic rings. The highest BCUT2D eigenvalue weighted by Gasteiger charge is 2.34. The Kier molecular flexibility index (Phi) is 8.55. The first-order chi connectivity index (χ1) is 12.7. The summed E-state index contributed by atoms with van der Waals surface area (Å²) in [4.78, 5) is 12.9. The van der Waals surface area contributed by atoms with Crippen molar-refractivity contribution >= 4 is 5.91 Å². The topological polar surface area (TPSA) is 47.6 Å². The number of rotatable bonds is 8. The number of nitrogens with one attached hydrogen (secondary N) is 1. The highest BCUT2D eigenvalue weighted by molar-refractivity contribution is 5.79. The number of carbonyl (C=O) groups excluding carboxylic acids is 1. The summed E-state index contributed by atoms with van der Waals surface area (Å²) in [5.74, 6) is 0.962. The van der Waals surface area contributed by atoms with Crippen LogP contribution in [0.4, 0.5) is 0 Å². The Hall–Kier alpha value is -1.55. The van der Waals surface area contributed by atoms with E-state index in [1.165, 1.54) is 0 Å². The van der Waals surface area contributed by atoms with Gasteiger partial charge >= 0.3 is 0 Å². The van der Waals surface area contributed by atoms with Crippen molar-refractivity contribution in [2.75, 3.05) is 6.61 Å². The zero-order valence-corrected chi connectivity index (χ0v) is 19.7. The van der Waals surface area contributed by atoms with E-state index in [9.17, 15) is 4.79 Å². The van der Waals surface area contributed by atoms with E-state index in [0.717, 1.165) is 28.9 Å². The predicted octanol–water partition coefficient (Wildman–Crippen LogP) is 5.78. The van der Waals surface area contributed by atoms with Gasteiger partial charge in [-0.3, -0.25) is 4.79 Å². The molecule has 0 heterocycles. The van der Waals surface area contributed by atoms with Crippen molar-refractivity contribution in [3.8, 4) is 5.75 Å². The average Bonchev–Trinajstić information content (AvgIpc) is 2.52. The molecule has 28 heavy (non-hydrogen) atoms. The molecule has 0 spiro atoms. The van der Waals surface area contributed by atoms with Gasteiger partial charge in [-0.15, -0.1) is 0 Å². The fraction of sp³-hybridized carbons (Fsp3) is 0.708. The van der Waals surface area contributed by atoms with E-state index < -0.39 is 0 Å². The molecule has 0 saturated heterocycles. The minimum atomic E-state index is -0.280. The lowest BCUT2D eigenvalue weighted by atomic mass is 9.71. The van der Waals surface area contributed by atoms with Crippen LogP contribution in [0, 0.1) is 30.6 Å². The first-order valence-corrected chi connectivity index (χ1v) is 10.4. The summed E-state index contributed by atoms with van der Waals surface area (Å²) in [5, 5.41) is 3.16. The molecule has 1 N–H and O–H groups in total. The van der Waals surface area contributed by atoms with Crippen molar-refractivity contribution in [2.24, 2.45) is 16.7 Å². The number of amides is 1. The number of ether oxygens (including phenoxy) is 2. The van der Waals surface area contributed by atoms with Gasteiger partial charge in [0.05, 0.1) is 0 Å². The molecule has 0 aliphatic carbocycles. The third kappa shape index (κ3) is 7.83. The molecule has 0 aromatic heterocycles. The van der Waals surface area contributed by atoms with Gasteiger partial charge in [0.25, 0.3) is 0 Å². The van der Waals surface area contributed by atoms with Crippen LogP contribution in [0.2, 0.25) is 0 Å². The molecular formula is C24H41NO3. The van der Waals surface area contributed by atoms with Crippen LogP contribution >= 0.6 is 0 Å². The van der Waals surface area contributed by atoms with Gasteiger partial charge in [-0.2, -0.15) is 0 Å². The van der Waals surface area contributed by atoms with Crippen LogP contribution in [-0.4, -0.2) is 18.8 Å². The smallest absolute Gasteiger partial charge is 0.223 e. The molecule has 1 aromatic rings. The maximum absolute atomic E-state index is 12.9. The van der Waals surface area contributed by atoms with Gasteiger partial charge in [0.15, 0.2) is 6.29 Å². The van der Waals surface area contributed by atoms with Crippen molar-refractivity contribution in [1.29, 1.82) is 0 Å². The van der Waals surface area contributed by atoms with Crippen molar-refractivity contribution in [2.45, 2.75) is 88.5 Å². The normalized spacial score (nSPS) is 14.5. The summed E-state index contributed by atoms with van der Waals surface area (Å²) in [6.45, 7) is 22.1. The molecule has 0 saturated carbocycles. The summed E-state index contributed by atoms with van der Waals surface area (Å²) in [6.07, 6.45) is 0.584. The zero-order valence-electron chi connectivity index (χ0n) is 19.7. The van der Waals surface area contributed by atoms with Gasteiger partial charge in [0.2, 0.25) is 5.91 Å². The molecule has 4 heteroatoms. The Morgan fingerprint density at radius 3 is 2.04 bits per heavy atom. The van der Waals surface area contributed by atoms with Crippen LogP contribution in [-0.2, 0) is 16.1 Å². The molecule has 0 radical (unpaired) electrons. The van der Waals surface area contributed by atoms with Crippen molar-refractivity contribution in [3.05, 3.63) is 28.8 Å². The third-order valence-corrected chi connectivity index (χ3v) is 4.85. The highest BCUT2D eigenvalue weighted by Crippen LogP contribution is 2.36. The van der Waals surface area contributed by atoms with Crippen molar-refractivity contribution in [3.63, 3.8) is 0 Å². The average molecular weight is 392 g/mol. The predicted molar refractivity (Wildman–Crippen MR) is 116 cm³/mol. The van der Waals surface area contributed by atoms with Crippen LogP contribution in [0.25, 0.3) is 0 Å². The molecule has 1 aromatic carbocycles. The molecule has 1 rings (SSSR count). The summed E-state index contributed by atoms with van der Waals surface area (Å²) in [7, 11) is 0. The van der Waals surface area contributed by atoms with Gasteiger partial charge in [-0.25, -0.2) is 0 Å². The molecule has 0 aliphatic heterocycles. The molecule has 0 fully saturated rings. The first-order valence-electron chi connectivity index (χ1n) is 10.4.